The summed E-state index contributed by atoms with van der Waals surface area (Å²) in [5.74, 6) is -5.15. The Bertz CT molecular complexity index is 372. The fourth-order valence-corrected chi connectivity index (χ4v) is 1.24. The standard InChI is InChI=1S/C10H9F5O/c1-6-4-2-3-5-7(6)8(16)9(11,12)10(13,14)15/h2-5,8,16H,1H3. The summed E-state index contributed by atoms with van der Waals surface area (Å²) in [7, 11) is 0. The van der Waals surface area contributed by atoms with Crippen molar-refractivity contribution in [1.29, 1.82) is 0 Å². The number of halogens is 5. The van der Waals surface area contributed by atoms with Crippen LogP contribution >= 0.6 is 0 Å². The second kappa shape index (κ2) is 4.01. The summed E-state index contributed by atoms with van der Waals surface area (Å²) in [6, 6.07) is 5.17. The zero-order chi connectivity index (χ0) is 12.6. The fraction of sp³-hybridized carbons (Fsp3) is 0.400. The first-order chi connectivity index (χ1) is 7.18. The van der Waals surface area contributed by atoms with Crippen molar-refractivity contribution in [3.05, 3.63) is 35.4 Å². The molecule has 1 N–H and O–H groups in total. The normalized spacial score (nSPS) is 14.9. The van der Waals surface area contributed by atoms with Gasteiger partial charge in [-0.2, -0.15) is 22.0 Å². The van der Waals surface area contributed by atoms with Crippen molar-refractivity contribution in [3.8, 4) is 0 Å². The Labute approximate surface area is 88.5 Å². The molecule has 90 valence electrons. The summed E-state index contributed by atoms with van der Waals surface area (Å²) in [6.07, 6.45) is -8.65. The summed E-state index contributed by atoms with van der Waals surface area (Å²) in [4.78, 5) is 0. The molecule has 0 saturated carbocycles. The predicted octanol–water partition coefficient (Wildman–Crippen LogP) is 3.23. The highest BCUT2D eigenvalue weighted by Gasteiger charge is 2.62. The maximum atomic E-state index is 12.8. The van der Waals surface area contributed by atoms with Gasteiger partial charge in [-0.15, -0.1) is 0 Å². The second-order valence-electron chi connectivity index (χ2n) is 3.38. The Morgan fingerprint density at radius 1 is 1.06 bits per heavy atom. The van der Waals surface area contributed by atoms with Crippen molar-refractivity contribution < 1.29 is 27.1 Å². The number of alkyl halides is 5. The molecular weight excluding hydrogens is 231 g/mol. The first-order valence-corrected chi connectivity index (χ1v) is 4.36. The van der Waals surface area contributed by atoms with E-state index in [9.17, 15) is 22.0 Å². The first-order valence-electron chi connectivity index (χ1n) is 4.36. The molecule has 0 bridgehead atoms. The third-order valence-corrected chi connectivity index (χ3v) is 2.20. The molecule has 16 heavy (non-hydrogen) atoms. The minimum absolute atomic E-state index is 0.180. The Kier molecular flexibility index (Phi) is 3.23. The molecule has 0 aliphatic rings. The van der Waals surface area contributed by atoms with Crippen LogP contribution in [0.1, 0.15) is 17.2 Å². The van der Waals surface area contributed by atoms with Crippen molar-refractivity contribution in [2.45, 2.75) is 25.1 Å². The van der Waals surface area contributed by atoms with Crippen molar-refractivity contribution in [3.63, 3.8) is 0 Å². The van der Waals surface area contributed by atoms with E-state index in [1.165, 1.54) is 25.1 Å². The molecule has 1 aromatic carbocycles. The highest BCUT2D eigenvalue weighted by Crippen LogP contribution is 2.44. The van der Waals surface area contributed by atoms with E-state index in [1.54, 1.807) is 0 Å². The third kappa shape index (κ3) is 2.16. The highest BCUT2D eigenvalue weighted by atomic mass is 19.4. The van der Waals surface area contributed by atoms with Crippen molar-refractivity contribution in [1.82, 2.24) is 0 Å². The first kappa shape index (κ1) is 12.9. The van der Waals surface area contributed by atoms with Crippen LogP contribution in [0.2, 0.25) is 0 Å². The van der Waals surface area contributed by atoms with Gasteiger partial charge in [0.25, 0.3) is 0 Å². The van der Waals surface area contributed by atoms with Crippen LogP contribution in [0, 0.1) is 6.92 Å². The average Bonchev–Trinajstić information content (AvgIpc) is 2.15. The van der Waals surface area contributed by atoms with E-state index in [0.717, 1.165) is 6.07 Å². The maximum absolute atomic E-state index is 12.8. The SMILES string of the molecule is Cc1ccccc1C(O)C(F)(F)C(F)(F)F. The largest absolute Gasteiger partial charge is 0.456 e. The molecule has 0 spiro atoms. The molecule has 0 aliphatic heterocycles. The maximum Gasteiger partial charge on any atom is 0.456 e. The molecule has 1 aromatic rings. The molecule has 0 saturated heterocycles. The van der Waals surface area contributed by atoms with Gasteiger partial charge < -0.3 is 5.11 Å². The number of benzene rings is 1. The number of aliphatic hydroxyl groups is 1. The van der Waals surface area contributed by atoms with Gasteiger partial charge in [0.15, 0.2) is 6.10 Å². The molecule has 0 fully saturated rings. The van der Waals surface area contributed by atoms with Gasteiger partial charge in [-0.25, -0.2) is 0 Å². The van der Waals surface area contributed by atoms with E-state index < -0.39 is 23.8 Å². The topological polar surface area (TPSA) is 20.2 Å². The minimum Gasteiger partial charge on any atom is -0.382 e. The molecule has 0 aromatic heterocycles. The van der Waals surface area contributed by atoms with E-state index >= 15 is 0 Å². The summed E-state index contributed by atoms with van der Waals surface area (Å²) < 4.78 is 61.6. The molecule has 1 nitrogen and oxygen atoms in total. The Balaban J connectivity index is 3.12. The summed E-state index contributed by atoms with van der Waals surface area (Å²) in [6.45, 7) is 1.35. The number of aryl methyl sites for hydroxylation is 1. The van der Waals surface area contributed by atoms with Crippen LogP contribution in [-0.2, 0) is 0 Å². The van der Waals surface area contributed by atoms with Crippen LogP contribution < -0.4 is 0 Å². The lowest BCUT2D eigenvalue weighted by Crippen LogP contribution is -2.42. The van der Waals surface area contributed by atoms with Gasteiger partial charge in [0.05, 0.1) is 0 Å². The lowest BCUT2D eigenvalue weighted by atomic mass is 9.98. The molecule has 0 amide bonds. The number of aliphatic hydroxyl groups excluding tert-OH is 1. The summed E-state index contributed by atoms with van der Waals surface area (Å²) in [5.41, 5.74) is -0.247. The van der Waals surface area contributed by atoms with E-state index in [2.05, 4.69) is 0 Å². The minimum atomic E-state index is -5.77. The molecule has 0 heterocycles. The van der Waals surface area contributed by atoms with E-state index in [-0.39, 0.29) is 5.56 Å². The van der Waals surface area contributed by atoms with Gasteiger partial charge in [-0.05, 0) is 18.1 Å². The van der Waals surface area contributed by atoms with E-state index in [1.807, 2.05) is 0 Å². The van der Waals surface area contributed by atoms with Gasteiger partial charge in [0.1, 0.15) is 0 Å². The van der Waals surface area contributed by atoms with Gasteiger partial charge in [-0.3, -0.25) is 0 Å². The fourth-order valence-electron chi connectivity index (χ4n) is 1.24. The highest BCUT2D eigenvalue weighted by molar-refractivity contribution is 5.29. The Morgan fingerprint density at radius 3 is 2.00 bits per heavy atom. The monoisotopic (exact) mass is 240 g/mol. The third-order valence-electron chi connectivity index (χ3n) is 2.20. The van der Waals surface area contributed by atoms with Gasteiger partial charge >= 0.3 is 12.1 Å². The summed E-state index contributed by atoms with van der Waals surface area (Å²) >= 11 is 0. The van der Waals surface area contributed by atoms with Crippen LogP contribution in [0.3, 0.4) is 0 Å². The number of hydrogen-bond acceptors (Lipinski definition) is 1. The lowest BCUT2D eigenvalue weighted by Gasteiger charge is -2.25. The zero-order valence-corrected chi connectivity index (χ0v) is 8.22. The van der Waals surface area contributed by atoms with Gasteiger partial charge in [-0.1, -0.05) is 24.3 Å². The van der Waals surface area contributed by atoms with Crippen LogP contribution in [0.5, 0.6) is 0 Å². The molecule has 6 heteroatoms. The average molecular weight is 240 g/mol. The molecule has 0 aliphatic carbocycles. The lowest BCUT2D eigenvalue weighted by molar-refractivity contribution is -0.315. The quantitative estimate of drug-likeness (QED) is 0.787. The smallest absolute Gasteiger partial charge is 0.382 e. The van der Waals surface area contributed by atoms with Gasteiger partial charge in [0.2, 0.25) is 0 Å². The van der Waals surface area contributed by atoms with Gasteiger partial charge in [0, 0.05) is 0 Å². The van der Waals surface area contributed by atoms with Crippen LogP contribution in [0.25, 0.3) is 0 Å². The van der Waals surface area contributed by atoms with E-state index in [0.29, 0.717) is 0 Å². The second-order valence-corrected chi connectivity index (χ2v) is 3.38. The van der Waals surface area contributed by atoms with Crippen LogP contribution in [0.15, 0.2) is 24.3 Å². The summed E-state index contributed by atoms with van der Waals surface area (Å²) in [5, 5.41) is 9.09. The van der Waals surface area contributed by atoms with Crippen molar-refractivity contribution >= 4 is 0 Å². The van der Waals surface area contributed by atoms with Crippen LogP contribution in [0.4, 0.5) is 22.0 Å². The molecule has 1 unspecified atom stereocenters. The predicted molar refractivity (Wildman–Crippen MR) is 47.1 cm³/mol. The Hall–Kier alpha value is -1.17. The molecule has 1 rings (SSSR count). The number of hydrogen-bond donors (Lipinski definition) is 1. The zero-order valence-electron chi connectivity index (χ0n) is 8.22. The molecule has 0 radical (unpaired) electrons. The molecule has 1 atom stereocenters. The van der Waals surface area contributed by atoms with E-state index in [4.69, 9.17) is 5.11 Å². The molecular formula is C10H9F5O. The van der Waals surface area contributed by atoms with Crippen molar-refractivity contribution in [2.24, 2.45) is 0 Å². The number of rotatable bonds is 2. The Morgan fingerprint density at radius 2 is 1.56 bits per heavy atom. The van der Waals surface area contributed by atoms with Crippen LogP contribution in [-0.4, -0.2) is 17.2 Å². The van der Waals surface area contributed by atoms with Crippen molar-refractivity contribution in [2.75, 3.05) is 0 Å².